The van der Waals surface area contributed by atoms with Crippen LogP contribution >= 0.6 is 0 Å². The fraction of sp³-hybridized carbons (Fsp3) is 0.884. The molecule has 0 radical (unpaired) electrons. The van der Waals surface area contributed by atoms with E-state index in [0.717, 1.165) is 44.9 Å². The molecule has 0 aliphatic rings. The zero-order valence-electron chi connectivity index (χ0n) is 62.3. The fourth-order valence-electron chi connectivity index (χ4n) is 13.2. The van der Waals surface area contributed by atoms with Crippen molar-refractivity contribution >= 4 is 11.9 Å². The van der Waals surface area contributed by atoms with Gasteiger partial charge in [-0.25, -0.2) is 0 Å². The fourth-order valence-corrected chi connectivity index (χ4v) is 13.2. The van der Waals surface area contributed by atoms with E-state index in [1.165, 1.54) is 392 Å². The second kappa shape index (κ2) is 81.2. The van der Waals surface area contributed by atoms with Crippen LogP contribution < -0.4 is 5.32 Å². The Bertz CT molecular complexity index is 1540. The highest BCUT2D eigenvalue weighted by Crippen LogP contribution is 2.20. The number of amides is 1. The van der Waals surface area contributed by atoms with Crippen LogP contribution in [0.5, 0.6) is 0 Å². The Morgan fingerprint density at radius 2 is 0.543 bits per heavy atom. The summed E-state index contributed by atoms with van der Waals surface area (Å²) in [7, 11) is 0. The summed E-state index contributed by atoms with van der Waals surface area (Å²) in [6.45, 7) is 4.95. The Labute approximate surface area is 576 Å². The first kappa shape index (κ1) is 89.8. The van der Waals surface area contributed by atoms with Crippen molar-refractivity contribution in [2.24, 2.45) is 0 Å². The molecule has 0 aromatic carbocycles. The number of hydrogen-bond acceptors (Lipinski definition) is 5. The molecule has 0 aliphatic heterocycles. The van der Waals surface area contributed by atoms with Crippen LogP contribution in [0, 0.1) is 0 Å². The molecule has 0 rings (SSSR count). The Morgan fingerprint density at radius 3 is 0.837 bits per heavy atom. The predicted octanol–water partition coefficient (Wildman–Crippen LogP) is 27.9. The molecule has 6 heteroatoms. The van der Waals surface area contributed by atoms with Crippen molar-refractivity contribution < 1.29 is 24.5 Å². The standard InChI is InChI=1S/C86H163NO5/c1-3-5-7-9-11-13-15-17-19-21-42-46-50-54-58-62-66-70-74-78-84(89)83(82-88)87-85(90)79-75-71-67-63-59-55-51-47-44-40-38-36-34-32-30-28-26-24-23-25-27-29-31-33-35-37-39-41-45-49-53-57-61-65-69-73-77-81-92-86(91)80-76-72-68-64-60-56-52-48-43-22-20-18-16-14-12-10-8-6-4-2/h18,20,23,25,29,31,74,78,83-84,88-89H,3-17,19,21-22,24,26-28,30,32-73,75-77,79-82H2,1-2H3,(H,87,90)/b20-18-,25-23-,31-29-,78-74+. The first-order valence-corrected chi connectivity index (χ1v) is 41.9. The third kappa shape index (κ3) is 76.8. The van der Waals surface area contributed by atoms with Gasteiger partial charge < -0.3 is 20.3 Å². The van der Waals surface area contributed by atoms with Crippen molar-refractivity contribution in [3.05, 3.63) is 48.6 Å². The monoisotopic (exact) mass is 1290 g/mol. The lowest BCUT2D eigenvalue weighted by Gasteiger charge is -2.20. The molecule has 0 heterocycles. The van der Waals surface area contributed by atoms with Gasteiger partial charge in [0, 0.05) is 12.8 Å². The average molecular weight is 1290 g/mol. The molecule has 0 aliphatic carbocycles. The number of nitrogens with one attached hydrogen (secondary N) is 1. The van der Waals surface area contributed by atoms with Crippen molar-refractivity contribution in [3.63, 3.8) is 0 Å². The normalized spacial score (nSPS) is 12.7. The summed E-state index contributed by atoms with van der Waals surface area (Å²) >= 11 is 0. The van der Waals surface area contributed by atoms with Crippen molar-refractivity contribution in [2.75, 3.05) is 13.2 Å². The Kier molecular flexibility index (Phi) is 79.3. The highest BCUT2D eigenvalue weighted by Gasteiger charge is 2.18. The minimum Gasteiger partial charge on any atom is -0.466 e. The largest absolute Gasteiger partial charge is 0.466 e. The predicted molar refractivity (Wildman–Crippen MR) is 407 cm³/mol. The molecule has 0 bridgehead atoms. The lowest BCUT2D eigenvalue weighted by atomic mass is 10.0. The molecule has 542 valence electrons. The van der Waals surface area contributed by atoms with Crippen molar-refractivity contribution in [1.82, 2.24) is 5.32 Å². The van der Waals surface area contributed by atoms with E-state index in [1.54, 1.807) is 6.08 Å². The zero-order valence-corrected chi connectivity index (χ0v) is 62.3. The summed E-state index contributed by atoms with van der Waals surface area (Å²) in [5.74, 6) is -0.0425. The summed E-state index contributed by atoms with van der Waals surface area (Å²) in [5, 5.41) is 23.3. The Morgan fingerprint density at radius 1 is 0.304 bits per heavy atom. The molecule has 92 heavy (non-hydrogen) atoms. The summed E-state index contributed by atoms with van der Waals surface area (Å²) in [4.78, 5) is 24.7. The van der Waals surface area contributed by atoms with Gasteiger partial charge in [0.1, 0.15) is 0 Å². The van der Waals surface area contributed by atoms with Crippen LogP contribution in [0.2, 0.25) is 0 Å². The van der Waals surface area contributed by atoms with Crippen molar-refractivity contribution in [3.8, 4) is 0 Å². The number of unbranched alkanes of at least 4 members (excludes halogenated alkanes) is 62. The number of carbonyl (C=O) groups is 2. The van der Waals surface area contributed by atoms with Gasteiger partial charge in [-0.1, -0.05) is 409 Å². The smallest absolute Gasteiger partial charge is 0.305 e. The maximum Gasteiger partial charge on any atom is 0.305 e. The molecule has 0 spiro atoms. The van der Waals surface area contributed by atoms with Crippen LogP contribution in [0.3, 0.4) is 0 Å². The van der Waals surface area contributed by atoms with Crippen molar-refractivity contribution in [2.45, 2.75) is 475 Å². The molecule has 2 atom stereocenters. The van der Waals surface area contributed by atoms with Crippen LogP contribution in [-0.2, 0) is 14.3 Å². The van der Waals surface area contributed by atoms with E-state index in [4.69, 9.17) is 4.74 Å². The van der Waals surface area contributed by atoms with E-state index in [0.29, 0.717) is 19.4 Å². The number of hydrogen-bond donors (Lipinski definition) is 3. The van der Waals surface area contributed by atoms with Crippen LogP contribution in [0.25, 0.3) is 0 Å². The summed E-state index contributed by atoms with van der Waals surface area (Å²) in [6, 6.07) is -0.627. The topological polar surface area (TPSA) is 95.9 Å². The van der Waals surface area contributed by atoms with Gasteiger partial charge in [-0.15, -0.1) is 0 Å². The maximum absolute atomic E-state index is 12.5. The molecular formula is C86H163NO5. The highest BCUT2D eigenvalue weighted by molar-refractivity contribution is 5.76. The lowest BCUT2D eigenvalue weighted by molar-refractivity contribution is -0.143. The zero-order chi connectivity index (χ0) is 66.3. The van der Waals surface area contributed by atoms with Gasteiger partial charge in [0.2, 0.25) is 5.91 Å². The number of ether oxygens (including phenoxy) is 1. The van der Waals surface area contributed by atoms with Crippen LogP contribution in [0.4, 0.5) is 0 Å². The SMILES string of the molecule is CCCCCCCC/C=C\CCCCCCCCCCCC(=O)OCCCCCCCCCCCCCCC/C=C\C/C=C\CCCCCCCCCCCCCCCCCCCC(=O)NC(CO)C(O)/C=C/CCCCCCCCCCCCCCCCCCC. The Hall–Kier alpha value is -2.18. The molecule has 1 amide bonds. The van der Waals surface area contributed by atoms with Gasteiger partial charge >= 0.3 is 5.97 Å². The summed E-state index contributed by atoms with van der Waals surface area (Å²) < 4.78 is 5.52. The van der Waals surface area contributed by atoms with E-state index >= 15 is 0 Å². The molecule has 0 saturated heterocycles. The third-order valence-electron chi connectivity index (χ3n) is 19.6. The number of aliphatic hydroxyl groups is 2. The van der Waals surface area contributed by atoms with Crippen LogP contribution in [-0.4, -0.2) is 47.4 Å². The Balaban J connectivity index is 3.37. The molecule has 0 aromatic heterocycles. The molecule has 2 unspecified atom stereocenters. The molecular weight excluding hydrogens is 1130 g/mol. The van der Waals surface area contributed by atoms with E-state index in [1.807, 2.05) is 6.08 Å². The summed E-state index contributed by atoms with van der Waals surface area (Å²) in [6.07, 6.45) is 108. The lowest BCUT2D eigenvalue weighted by Crippen LogP contribution is -2.45. The van der Waals surface area contributed by atoms with Gasteiger partial charge in [0.15, 0.2) is 0 Å². The second-order valence-electron chi connectivity index (χ2n) is 28.8. The molecule has 6 nitrogen and oxygen atoms in total. The number of esters is 1. The van der Waals surface area contributed by atoms with E-state index in [9.17, 15) is 19.8 Å². The first-order chi connectivity index (χ1) is 45.5. The number of allylic oxidation sites excluding steroid dienone is 7. The number of carbonyl (C=O) groups excluding carboxylic acids is 2. The van der Waals surface area contributed by atoms with Crippen LogP contribution in [0.15, 0.2) is 48.6 Å². The average Bonchev–Trinajstić information content (AvgIpc) is 3.61. The van der Waals surface area contributed by atoms with Crippen molar-refractivity contribution in [1.29, 1.82) is 0 Å². The molecule has 0 aromatic rings. The quantitative estimate of drug-likeness (QED) is 0.0320. The first-order valence-electron chi connectivity index (χ1n) is 41.9. The van der Waals surface area contributed by atoms with Gasteiger partial charge in [-0.3, -0.25) is 9.59 Å². The van der Waals surface area contributed by atoms with Gasteiger partial charge in [0.05, 0.1) is 25.4 Å². The minimum absolute atomic E-state index is 0.0188. The number of aliphatic hydroxyl groups excluding tert-OH is 2. The maximum atomic E-state index is 12.5. The van der Waals surface area contributed by atoms with E-state index in [-0.39, 0.29) is 18.5 Å². The van der Waals surface area contributed by atoms with Gasteiger partial charge in [-0.2, -0.15) is 0 Å². The van der Waals surface area contributed by atoms with Gasteiger partial charge in [-0.05, 0) is 89.9 Å². The molecule has 0 saturated carbocycles. The summed E-state index contributed by atoms with van der Waals surface area (Å²) in [5.41, 5.74) is 0. The third-order valence-corrected chi connectivity index (χ3v) is 19.6. The molecule has 3 N–H and O–H groups in total. The van der Waals surface area contributed by atoms with Gasteiger partial charge in [0.25, 0.3) is 0 Å². The van der Waals surface area contributed by atoms with E-state index < -0.39 is 12.1 Å². The van der Waals surface area contributed by atoms with Crippen LogP contribution in [0.1, 0.15) is 463 Å². The van der Waals surface area contributed by atoms with E-state index in [2.05, 4.69) is 55.6 Å². The number of rotatable bonds is 79. The molecule has 0 fully saturated rings. The highest BCUT2D eigenvalue weighted by atomic mass is 16.5. The second-order valence-corrected chi connectivity index (χ2v) is 28.8. The minimum atomic E-state index is -0.844.